The first-order valence-corrected chi connectivity index (χ1v) is 9.99. The first kappa shape index (κ1) is 17.9. The second-order valence-corrected chi connectivity index (χ2v) is 8.48. The number of nitrogens with zero attached hydrogens (tertiary/aromatic N) is 2. The van der Waals surface area contributed by atoms with Crippen molar-refractivity contribution in [2.24, 2.45) is 0 Å². The molecule has 0 aromatic carbocycles. The molecule has 1 fully saturated rings. The topological polar surface area (TPSA) is 95.0 Å². The first-order chi connectivity index (χ1) is 10.7. The summed E-state index contributed by atoms with van der Waals surface area (Å²) in [5, 5.41) is 8.91. The molecule has 1 aromatic rings. The average Bonchev–Trinajstić information content (AvgIpc) is 2.96. The molecule has 2 rings (SSSR count). The summed E-state index contributed by atoms with van der Waals surface area (Å²) in [5.74, 6) is -1.23. The maximum Gasteiger partial charge on any atom is 0.345 e. The molecule has 1 saturated heterocycles. The Morgan fingerprint density at radius 1 is 1.30 bits per heavy atom. The molecule has 1 aliphatic rings. The van der Waals surface area contributed by atoms with Crippen molar-refractivity contribution >= 4 is 33.2 Å². The number of thiophene rings is 1. The van der Waals surface area contributed by atoms with Crippen LogP contribution in [0.15, 0.2) is 12.1 Å². The minimum absolute atomic E-state index is 0.0861. The quantitative estimate of drug-likeness (QED) is 0.855. The van der Waals surface area contributed by atoms with E-state index in [0.29, 0.717) is 37.4 Å². The van der Waals surface area contributed by atoms with E-state index in [-0.39, 0.29) is 16.8 Å². The fourth-order valence-corrected chi connectivity index (χ4v) is 4.88. The van der Waals surface area contributed by atoms with Crippen LogP contribution in [-0.2, 0) is 10.0 Å². The van der Waals surface area contributed by atoms with Crippen molar-refractivity contribution in [3.8, 4) is 0 Å². The van der Waals surface area contributed by atoms with Crippen molar-refractivity contribution in [1.82, 2.24) is 9.21 Å². The fraction of sp³-hybridized carbons (Fsp3) is 0.571. The lowest BCUT2D eigenvalue weighted by atomic mass is 10.0. The van der Waals surface area contributed by atoms with Gasteiger partial charge in [-0.3, -0.25) is 4.79 Å². The largest absolute Gasteiger partial charge is 0.477 e. The lowest BCUT2D eigenvalue weighted by Crippen LogP contribution is -2.48. The lowest BCUT2D eigenvalue weighted by molar-refractivity contribution is 0.0682. The van der Waals surface area contributed by atoms with Gasteiger partial charge in [0, 0.05) is 25.7 Å². The second-order valence-electron chi connectivity index (χ2n) is 5.46. The summed E-state index contributed by atoms with van der Waals surface area (Å²) >= 11 is 0.962. The highest BCUT2D eigenvalue weighted by atomic mass is 32.2. The van der Waals surface area contributed by atoms with E-state index in [9.17, 15) is 18.0 Å². The number of hydrogen-bond acceptors (Lipinski definition) is 5. The van der Waals surface area contributed by atoms with Crippen LogP contribution in [0.25, 0.3) is 0 Å². The second kappa shape index (κ2) is 6.98. The summed E-state index contributed by atoms with van der Waals surface area (Å²) < 4.78 is 25.0. The molecule has 0 unspecified atom stereocenters. The normalized spacial score (nSPS) is 16.7. The van der Waals surface area contributed by atoms with Crippen molar-refractivity contribution in [3.05, 3.63) is 21.9 Å². The molecular weight excluding hydrogens is 340 g/mol. The number of sulfonamides is 1. The van der Waals surface area contributed by atoms with Gasteiger partial charge in [0.25, 0.3) is 5.91 Å². The Balaban J connectivity index is 2.00. The van der Waals surface area contributed by atoms with Gasteiger partial charge in [-0.25, -0.2) is 13.2 Å². The van der Waals surface area contributed by atoms with Gasteiger partial charge in [0.15, 0.2) is 0 Å². The molecule has 0 aliphatic carbocycles. The van der Waals surface area contributed by atoms with Crippen molar-refractivity contribution in [3.63, 3.8) is 0 Å². The maximum atomic E-state index is 12.4. The SMILES string of the molecule is CCN(C1CCN(C(=O)c2ccc(C(=O)O)s2)CC1)S(C)(=O)=O. The van der Waals surface area contributed by atoms with E-state index in [1.54, 1.807) is 11.8 Å². The molecule has 0 atom stereocenters. The molecule has 0 spiro atoms. The van der Waals surface area contributed by atoms with Crippen LogP contribution >= 0.6 is 11.3 Å². The number of piperidine rings is 1. The Labute approximate surface area is 139 Å². The maximum absolute atomic E-state index is 12.4. The van der Waals surface area contributed by atoms with Gasteiger partial charge in [-0.2, -0.15) is 4.31 Å². The first-order valence-electron chi connectivity index (χ1n) is 7.33. The third kappa shape index (κ3) is 4.10. The van der Waals surface area contributed by atoms with E-state index >= 15 is 0 Å². The average molecular weight is 360 g/mol. The molecule has 1 amide bonds. The van der Waals surface area contributed by atoms with E-state index in [1.807, 2.05) is 0 Å². The highest BCUT2D eigenvalue weighted by Crippen LogP contribution is 2.23. The Morgan fingerprint density at radius 3 is 2.30 bits per heavy atom. The molecule has 1 aromatic heterocycles. The van der Waals surface area contributed by atoms with E-state index in [1.165, 1.54) is 22.7 Å². The summed E-state index contributed by atoms with van der Waals surface area (Å²) in [4.78, 5) is 25.5. The third-order valence-corrected chi connectivity index (χ3v) is 6.39. The number of rotatable bonds is 5. The number of carboxylic acid groups (broad SMARTS) is 1. The summed E-state index contributed by atoms with van der Waals surface area (Å²) in [5.41, 5.74) is 0. The van der Waals surface area contributed by atoms with Crippen LogP contribution in [0.5, 0.6) is 0 Å². The molecule has 2 heterocycles. The third-order valence-electron chi connectivity index (χ3n) is 3.92. The Bertz CT molecular complexity index is 690. The molecule has 1 aliphatic heterocycles. The van der Waals surface area contributed by atoms with Crippen LogP contribution in [0.2, 0.25) is 0 Å². The van der Waals surface area contributed by atoms with Crippen molar-refractivity contribution in [2.45, 2.75) is 25.8 Å². The molecule has 128 valence electrons. The van der Waals surface area contributed by atoms with Crippen LogP contribution < -0.4 is 0 Å². The zero-order valence-corrected chi connectivity index (χ0v) is 14.7. The zero-order chi connectivity index (χ0) is 17.2. The van der Waals surface area contributed by atoms with Gasteiger partial charge in [-0.05, 0) is 25.0 Å². The molecule has 23 heavy (non-hydrogen) atoms. The predicted molar refractivity (Wildman–Crippen MR) is 87.4 cm³/mol. The Hall–Kier alpha value is -1.45. The monoisotopic (exact) mass is 360 g/mol. The zero-order valence-electron chi connectivity index (χ0n) is 13.1. The van der Waals surface area contributed by atoms with Gasteiger partial charge in [-0.1, -0.05) is 6.92 Å². The Morgan fingerprint density at radius 2 is 1.87 bits per heavy atom. The van der Waals surface area contributed by atoms with Crippen molar-refractivity contribution in [1.29, 1.82) is 0 Å². The highest BCUT2D eigenvalue weighted by molar-refractivity contribution is 7.88. The molecule has 9 heteroatoms. The number of aromatic carboxylic acids is 1. The predicted octanol–water partition coefficient (Wildman–Crippen LogP) is 1.33. The number of carbonyl (C=O) groups excluding carboxylic acids is 1. The van der Waals surface area contributed by atoms with Gasteiger partial charge < -0.3 is 10.0 Å². The van der Waals surface area contributed by atoms with Crippen LogP contribution in [0, 0.1) is 0 Å². The van der Waals surface area contributed by atoms with Crippen LogP contribution in [0.4, 0.5) is 0 Å². The minimum atomic E-state index is -3.24. The standard InChI is InChI=1S/C14H20N2O5S2/c1-3-16(23(2,20)21)10-6-8-15(9-7-10)13(17)11-4-5-12(22-11)14(18)19/h4-5,10H,3,6-9H2,1-2H3,(H,18,19). The van der Waals surface area contributed by atoms with Crippen molar-refractivity contribution < 1.29 is 23.1 Å². The summed E-state index contributed by atoms with van der Waals surface area (Å²) in [6.07, 6.45) is 2.38. The van der Waals surface area contributed by atoms with Crippen LogP contribution in [0.3, 0.4) is 0 Å². The highest BCUT2D eigenvalue weighted by Gasteiger charge is 2.31. The molecule has 0 radical (unpaired) electrons. The molecule has 7 nitrogen and oxygen atoms in total. The number of carboxylic acids is 1. The molecular formula is C14H20N2O5S2. The number of likely N-dealkylation sites (tertiary alicyclic amines) is 1. The van der Waals surface area contributed by atoms with E-state index in [2.05, 4.69) is 0 Å². The number of amides is 1. The summed E-state index contributed by atoms with van der Waals surface area (Å²) in [6.45, 7) is 3.16. The van der Waals surface area contributed by atoms with Gasteiger partial charge in [0.1, 0.15) is 4.88 Å². The molecule has 0 bridgehead atoms. The van der Waals surface area contributed by atoms with Gasteiger partial charge in [-0.15, -0.1) is 11.3 Å². The lowest BCUT2D eigenvalue weighted by Gasteiger charge is -2.36. The number of hydrogen-bond donors (Lipinski definition) is 1. The van der Waals surface area contributed by atoms with E-state index in [0.717, 1.165) is 11.3 Å². The van der Waals surface area contributed by atoms with Crippen LogP contribution in [0.1, 0.15) is 39.1 Å². The molecule has 1 N–H and O–H groups in total. The van der Waals surface area contributed by atoms with Crippen LogP contribution in [-0.4, -0.2) is 66.5 Å². The van der Waals surface area contributed by atoms with E-state index in [4.69, 9.17) is 5.11 Å². The van der Waals surface area contributed by atoms with Gasteiger partial charge in [0.2, 0.25) is 10.0 Å². The van der Waals surface area contributed by atoms with Gasteiger partial charge in [0.05, 0.1) is 11.1 Å². The number of carbonyl (C=O) groups is 2. The smallest absolute Gasteiger partial charge is 0.345 e. The van der Waals surface area contributed by atoms with Gasteiger partial charge >= 0.3 is 5.97 Å². The summed E-state index contributed by atoms with van der Waals surface area (Å²) in [6, 6.07) is 2.87. The Kier molecular flexibility index (Phi) is 5.43. The van der Waals surface area contributed by atoms with Crippen molar-refractivity contribution in [2.75, 3.05) is 25.9 Å². The molecule has 0 saturated carbocycles. The van der Waals surface area contributed by atoms with E-state index < -0.39 is 16.0 Å². The minimum Gasteiger partial charge on any atom is -0.477 e. The fourth-order valence-electron chi connectivity index (χ4n) is 2.84. The summed E-state index contributed by atoms with van der Waals surface area (Å²) in [7, 11) is -3.24.